The summed E-state index contributed by atoms with van der Waals surface area (Å²) in [5.74, 6) is 0.0593. The molecule has 0 aromatic rings. The molecule has 198 valence electrons. The second-order valence-electron chi connectivity index (χ2n) is 10.9. The van der Waals surface area contributed by atoms with Gasteiger partial charge in [-0.25, -0.2) is 4.79 Å². The van der Waals surface area contributed by atoms with Crippen molar-refractivity contribution in [2.45, 2.75) is 108 Å². The molecular weight excluding hydrogens is 456 g/mol. The minimum absolute atomic E-state index is 0.0312. The van der Waals surface area contributed by atoms with Crippen LogP contribution in [0.1, 0.15) is 65.2 Å². The van der Waals surface area contributed by atoms with Crippen LogP contribution in [0, 0.1) is 5.92 Å². The maximum atomic E-state index is 12.6. The summed E-state index contributed by atoms with van der Waals surface area (Å²) in [6.07, 6.45) is 18.6. The number of hydrogen-bond donors (Lipinski definition) is 1. The molecule has 0 saturated carbocycles. The van der Waals surface area contributed by atoms with Crippen molar-refractivity contribution in [3.63, 3.8) is 0 Å². The molecule has 0 aromatic carbocycles. The van der Waals surface area contributed by atoms with Gasteiger partial charge in [0.25, 0.3) is 0 Å². The van der Waals surface area contributed by atoms with Gasteiger partial charge in [-0.05, 0) is 51.4 Å². The normalized spacial score (nSPS) is 39.5. The SMILES string of the molecule is C=C1C[C@H](C)C[C@@H]2CC=C[C@@H](C/C=C\C(=O)O[C@H](C/C=C/[C@@H]3CC(C)=CCO3)C[C@@H]3O[C@H]3[C@@H](O)C1)O2. The van der Waals surface area contributed by atoms with E-state index in [4.69, 9.17) is 18.9 Å². The highest BCUT2D eigenvalue weighted by Crippen LogP contribution is 2.34. The molecule has 1 saturated heterocycles. The minimum Gasteiger partial charge on any atom is -0.459 e. The highest BCUT2D eigenvalue weighted by molar-refractivity contribution is 5.82. The average molecular weight is 499 g/mol. The number of carbonyl (C=O) groups is 1. The highest BCUT2D eigenvalue weighted by atomic mass is 16.6. The van der Waals surface area contributed by atoms with Crippen LogP contribution in [0.15, 0.2) is 60.3 Å². The molecule has 4 aliphatic heterocycles. The van der Waals surface area contributed by atoms with E-state index in [0.29, 0.717) is 38.2 Å². The van der Waals surface area contributed by atoms with Crippen LogP contribution < -0.4 is 0 Å². The number of aliphatic hydroxyl groups is 1. The molecule has 0 aliphatic carbocycles. The van der Waals surface area contributed by atoms with Gasteiger partial charge in [0.15, 0.2) is 0 Å². The van der Waals surface area contributed by atoms with E-state index in [1.54, 1.807) is 0 Å². The number of aliphatic hydroxyl groups excluding tert-OH is 1. The zero-order valence-corrected chi connectivity index (χ0v) is 21.7. The van der Waals surface area contributed by atoms with Crippen molar-refractivity contribution >= 4 is 5.97 Å². The summed E-state index contributed by atoms with van der Waals surface area (Å²) in [5.41, 5.74) is 2.37. The average Bonchev–Trinajstić information content (AvgIpc) is 3.58. The van der Waals surface area contributed by atoms with Gasteiger partial charge in [0.05, 0.1) is 37.1 Å². The first-order chi connectivity index (χ1) is 17.4. The fourth-order valence-electron chi connectivity index (χ4n) is 5.45. The third-order valence-electron chi connectivity index (χ3n) is 7.33. The molecule has 4 heterocycles. The van der Waals surface area contributed by atoms with Gasteiger partial charge in [0.2, 0.25) is 0 Å². The van der Waals surface area contributed by atoms with Crippen LogP contribution in [0.5, 0.6) is 0 Å². The topological polar surface area (TPSA) is 77.5 Å². The maximum absolute atomic E-state index is 12.6. The third kappa shape index (κ3) is 8.55. The Hall–Kier alpha value is -1.99. The van der Waals surface area contributed by atoms with Crippen molar-refractivity contribution in [1.82, 2.24) is 0 Å². The van der Waals surface area contributed by atoms with Crippen molar-refractivity contribution in [1.29, 1.82) is 0 Å². The zero-order valence-electron chi connectivity index (χ0n) is 21.7. The second-order valence-corrected chi connectivity index (χ2v) is 10.9. The zero-order chi connectivity index (χ0) is 25.5. The van der Waals surface area contributed by atoms with E-state index in [0.717, 1.165) is 31.3 Å². The first-order valence-corrected chi connectivity index (χ1v) is 13.5. The molecule has 4 rings (SSSR count). The van der Waals surface area contributed by atoms with Crippen molar-refractivity contribution in [2.75, 3.05) is 6.61 Å². The number of epoxide rings is 1. The van der Waals surface area contributed by atoms with Crippen LogP contribution in [0.4, 0.5) is 0 Å². The molecule has 2 bridgehead atoms. The number of esters is 1. The Morgan fingerprint density at radius 3 is 2.83 bits per heavy atom. The Bertz CT molecular complexity index is 886. The van der Waals surface area contributed by atoms with Gasteiger partial charge in [-0.2, -0.15) is 0 Å². The minimum atomic E-state index is -0.594. The van der Waals surface area contributed by atoms with Gasteiger partial charge in [0.1, 0.15) is 12.2 Å². The molecule has 6 heteroatoms. The van der Waals surface area contributed by atoms with Crippen LogP contribution in [-0.4, -0.2) is 60.4 Å². The fraction of sp³-hybridized carbons (Fsp3) is 0.633. The summed E-state index contributed by atoms with van der Waals surface area (Å²) in [6.45, 7) is 9.18. The predicted octanol–water partition coefficient (Wildman–Crippen LogP) is 5.13. The van der Waals surface area contributed by atoms with Crippen molar-refractivity contribution < 1.29 is 28.8 Å². The lowest BCUT2D eigenvalue weighted by Crippen LogP contribution is -2.26. The van der Waals surface area contributed by atoms with Crippen LogP contribution in [0.3, 0.4) is 0 Å². The molecule has 6 nitrogen and oxygen atoms in total. The number of ether oxygens (including phenoxy) is 4. The second kappa shape index (κ2) is 13.0. The molecule has 0 unspecified atom stereocenters. The van der Waals surface area contributed by atoms with E-state index >= 15 is 0 Å². The van der Waals surface area contributed by atoms with Gasteiger partial charge >= 0.3 is 5.97 Å². The number of fused-ring (bicyclic) bond motifs is 3. The highest BCUT2D eigenvalue weighted by Gasteiger charge is 2.45. The summed E-state index contributed by atoms with van der Waals surface area (Å²) < 4.78 is 23.6. The third-order valence-corrected chi connectivity index (χ3v) is 7.33. The first-order valence-electron chi connectivity index (χ1n) is 13.5. The smallest absolute Gasteiger partial charge is 0.330 e. The molecule has 0 radical (unpaired) electrons. The predicted molar refractivity (Wildman–Crippen MR) is 139 cm³/mol. The monoisotopic (exact) mass is 498 g/mol. The number of carbonyl (C=O) groups excluding carboxylic acids is 1. The molecule has 1 N–H and O–H groups in total. The van der Waals surface area contributed by atoms with E-state index in [2.05, 4.69) is 44.7 Å². The standard InChI is InChI=1S/C30H42O6/c1-20-13-14-33-24(16-20)9-5-11-26-19-28-30(36-28)27(31)18-22(3)15-21(2)17-25-10-4-7-23(34-25)8-6-12-29(32)35-26/h4-7,9,12-13,21,23-28,30-31H,3,8,10-11,14-19H2,1-2H3/b9-5+,12-6-/t21-,23-,24+,25-,26+,27-,28-,30-/m0/s1. The van der Waals surface area contributed by atoms with Gasteiger partial charge in [-0.1, -0.05) is 61.1 Å². The fourth-order valence-corrected chi connectivity index (χ4v) is 5.45. The Kier molecular flexibility index (Phi) is 9.77. The van der Waals surface area contributed by atoms with Gasteiger partial charge in [-0.15, -0.1) is 0 Å². The van der Waals surface area contributed by atoms with Gasteiger partial charge in [-0.3, -0.25) is 0 Å². The van der Waals surface area contributed by atoms with Crippen LogP contribution in [0.25, 0.3) is 0 Å². The molecule has 8 atom stereocenters. The van der Waals surface area contributed by atoms with E-state index in [1.807, 2.05) is 12.2 Å². The molecule has 0 aromatic heterocycles. The van der Waals surface area contributed by atoms with E-state index in [9.17, 15) is 9.90 Å². The molecule has 0 spiro atoms. The lowest BCUT2D eigenvalue weighted by Gasteiger charge is -2.28. The largest absolute Gasteiger partial charge is 0.459 e. The Morgan fingerprint density at radius 1 is 1.14 bits per heavy atom. The van der Waals surface area contributed by atoms with Gasteiger partial charge in [0, 0.05) is 18.9 Å². The van der Waals surface area contributed by atoms with Crippen LogP contribution in [0.2, 0.25) is 0 Å². The van der Waals surface area contributed by atoms with Gasteiger partial charge < -0.3 is 24.1 Å². The van der Waals surface area contributed by atoms with Crippen molar-refractivity contribution in [3.8, 4) is 0 Å². The summed E-state index contributed by atoms with van der Waals surface area (Å²) >= 11 is 0. The Morgan fingerprint density at radius 2 is 2.00 bits per heavy atom. The molecule has 4 aliphatic rings. The lowest BCUT2D eigenvalue weighted by atomic mass is 9.91. The van der Waals surface area contributed by atoms with E-state index < -0.39 is 6.10 Å². The molecule has 36 heavy (non-hydrogen) atoms. The number of cyclic esters (lactones) is 1. The summed E-state index contributed by atoms with van der Waals surface area (Å²) in [4.78, 5) is 12.6. The quantitative estimate of drug-likeness (QED) is 0.330. The summed E-state index contributed by atoms with van der Waals surface area (Å²) in [5, 5.41) is 10.7. The first kappa shape index (κ1) is 27.1. The molecular formula is C30H42O6. The summed E-state index contributed by atoms with van der Waals surface area (Å²) in [7, 11) is 0. The van der Waals surface area contributed by atoms with Crippen LogP contribution in [-0.2, 0) is 23.7 Å². The van der Waals surface area contributed by atoms with Crippen LogP contribution >= 0.6 is 0 Å². The van der Waals surface area contributed by atoms with E-state index in [1.165, 1.54) is 11.6 Å². The Balaban J connectivity index is 1.40. The lowest BCUT2D eigenvalue weighted by molar-refractivity contribution is -0.143. The summed E-state index contributed by atoms with van der Waals surface area (Å²) in [6, 6.07) is 0. The number of hydrogen-bond acceptors (Lipinski definition) is 6. The van der Waals surface area contributed by atoms with E-state index in [-0.39, 0.29) is 42.6 Å². The van der Waals surface area contributed by atoms with Crippen molar-refractivity contribution in [2.24, 2.45) is 5.92 Å². The van der Waals surface area contributed by atoms with Crippen molar-refractivity contribution in [3.05, 3.63) is 60.3 Å². The molecule has 0 amide bonds. The maximum Gasteiger partial charge on any atom is 0.330 e. The molecule has 1 fully saturated rings. The Labute approximate surface area is 215 Å². The number of rotatable bonds is 3.